The Bertz CT molecular complexity index is 782. The molecule has 6 nitrogen and oxygen atoms in total. The van der Waals surface area contributed by atoms with Gasteiger partial charge in [-0.2, -0.15) is 0 Å². The summed E-state index contributed by atoms with van der Waals surface area (Å²) in [5, 5.41) is 9.47. The number of hydrogen-bond acceptors (Lipinski definition) is 4. The van der Waals surface area contributed by atoms with Gasteiger partial charge >= 0.3 is 11.7 Å². The van der Waals surface area contributed by atoms with Crippen LogP contribution in [0.15, 0.2) is 9.59 Å². The molecule has 1 N–H and O–H groups in total. The quantitative estimate of drug-likeness (QED) is 0.919. The van der Waals surface area contributed by atoms with Crippen molar-refractivity contribution in [3.05, 3.63) is 31.3 Å². The minimum absolute atomic E-state index is 0.113. The molecule has 0 aliphatic carbocycles. The van der Waals surface area contributed by atoms with Crippen LogP contribution in [0.5, 0.6) is 0 Å². The van der Waals surface area contributed by atoms with Gasteiger partial charge in [-0.15, -0.1) is 11.3 Å². The lowest BCUT2D eigenvalue weighted by Crippen LogP contribution is -2.39. The van der Waals surface area contributed by atoms with E-state index >= 15 is 0 Å². The highest BCUT2D eigenvalue weighted by molar-refractivity contribution is 7.20. The van der Waals surface area contributed by atoms with Gasteiger partial charge in [0.05, 0.1) is 5.39 Å². The van der Waals surface area contributed by atoms with Crippen molar-refractivity contribution in [1.29, 1.82) is 0 Å². The van der Waals surface area contributed by atoms with Gasteiger partial charge in [-0.05, 0) is 26.3 Å². The summed E-state index contributed by atoms with van der Waals surface area (Å²) in [5.41, 5.74) is -0.365. The summed E-state index contributed by atoms with van der Waals surface area (Å²) in [5.74, 6) is -1.07. The monoisotopic (exact) mass is 282 g/mol. The Morgan fingerprint density at radius 1 is 1.21 bits per heavy atom. The third-order valence-corrected chi connectivity index (χ3v) is 4.42. The first-order valence-corrected chi connectivity index (χ1v) is 6.75. The van der Waals surface area contributed by atoms with Crippen LogP contribution in [0.3, 0.4) is 0 Å². The summed E-state index contributed by atoms with van der Waals surface area (Å²) in [7, 11) is 0. The van der Waals surface area contributed by atoms with Gasteiger partial charge in [-0.1, -0.05) is 0 Å². The largest absolute Gasteiger partial charge is 0.477 e. The fourth-order valence-corrected chi connectivity index (χ4v) is 3.35. The van der Waals surface area contributed by atoms with Gasteiger partial charge in [0.15, 0.2) is 0 Å². The molecule has 0 atom stereocenters. The number of thiophene rings is 1. The second-order valence-electron chi connectivity index (χ2n) is 4.12. The molecule has 0 unspecified atom stereocenters. The molecule has 0 amide bonds. The number of carboxylic acid groups (broad SMARTS) is 1. The van der Waals surface area contributed by atoms with Gasteiger partial charge < -0.3 is 5.11 Å². The Balaban J connectivity index is 3.10. The number of hydrogen-bond donors (Lipinski definition) is 1. The van der Waals surface area contributed by atoms with E-state index in [9.17, 15) is 14.4 Å². The maximum Gasteiger partial charge on any atom is 0.346 e. The highest BCUT2D eigenvalue weighted by Gasteiger charge is 2.21. The zero-order valence-corrected chi connectivity index (χ0v) is 11.7. The van der Waals surface area contributed by atoms with Crippen molar-refractivity contribution >= 4 is 27.5 Å². The number of rotatable bonds is 3. The summed E-state index contributed by atoms with van der Waals surface area (Å²) in [4.78, 5) is 36.1. The van der Waals surface area contributed by atoms with E-state index in [2.05, 4.69) is 0 Å². The molecule has 7 heteroatoms. The Labute approximate surface area is 112 Å². The summed E-state index contributed by atoms with van der Waals surface area (Å²) < 4.78 is 2.58. The first-order chi connectivity index (χ1) is 8.93. The van der Waals surface area contributed by atoms with Crippen molar-refractivity contribution < 1.29 is 9.90 Å². The summed E-state index contributed by atoms with van der Waals surface area (Å²) >= 11 is 0.981. The Morgan fingerprint density at radius 2 is 1.79 bits per heavy atom. The van der Waals surface area contributed by atoms with E-state index in [-0.39, 0.29) is 17.1 Å². The molecule has 2 rings (SSSR count). The SMILES string of the molecule is CCn1c(=O)c2c(C)c(C(=O)O)sc2n(CC)c1=O. The third-order valence-electron chi connectivity index (χ3n) is 3.12. The van der Waals surface area contributed by atoms with Crippen LogP contribution in [0.1, 0.15) is 29.1 Å². The molecule has 0 saturated carbocycles. The molecule has 0 radical (unpaired) electrons. The topological polar surface area (TPSA) is 81.3 Å². The number of aromatic carboxylic acids is 1. The molecule has 0 bridgehead atoms. The predicted octanol–water partition coefficient (Wildman–Crippen LogP) is 1.27. The van der Waals surface area contributed by atoms with Crippen LogP contribution in [0.25, 0.3) is 10.2 Å². The van der Waals surface area contributed by atoms with Crippen molar-refractivity contribution in [2.24, 2.45) is 0 Å². The van der Waals surface area contributed by atoms with Gasteiger partial charge in [-0.25, -0.2) is 9.59 Å². The zero-order valence-electron chi connectivity index (χ0n) is 10.9. The number of carboxylic acids is 1. The zero-order chi connectivity index (χ0) is 14.3. The average Bonchev–Trinajstić information content (AvgIpc) is 2.68. The minimum atomic E-state index is -1.07. The van der Waals surface area contributed by atoms with E-state index in [4.69, 9.17) is 5.11 Å². The van der Waals surface area contributed by atoms with Crippen molar-refractivity contribution in [2.45, 2.75) is 33.9 Å². The van der Waals surface area contributed by atoms with E-state index in [1.165, 1.54) is 4.57 Å². The molecule has 0 aromatic carbocycles. The molecule has 2 heterocycles. The van der Waals surface area contributed by atoms with Crippen LogP contribution in [0, 0.1) is 6.92 Å². The van der Waals surface area contributed by atoms with Gasteiger partial charge in [0.2, 0.25) is 0 Å². The van der Waals surface area contributed by atoms with Crippen LogP contribution >= 0.6 is 11.3 Å². The molecule has 0 aliphatic heterocycles. The molecule has 0 spiro atoms. The molecule has 0 saturated heterocycles. The standard InChI is InChI=1S/C12H14N2O4S/c1-4-13-9(15)7-6(3)8(11(16)17)19-10(7)14(5-2)12(13)18/h4-5H2,1-3H3,(H,16,17). The van der Waals surface area contributed by atoms with E-state index in [0.717, 1.165) is 15.9 Å². The minimum Gasteiger partial charge on any atom is -0.477 e. The van der Waals surface area contributed by atoms with Crippen LogP contribution in [-0.4, -0.2) is 20.2 Å². The molecule has 0 aliphatic rings. The molecule has 2 aromatic heterocycles. The van der Waals surface area contributed by atoms with Gasteiger partial charge in [0.1, 0.15) is 9.71 Å². The maximum atomic E-state index is 12.3. The van der Waals surface area contributed by atoms with Crippen LogP contribution in [-0.2, 0) is 13.1 Å². The number of fused-ring (bicyclic) bond motifs is 1. The maximum absolute atomic E-state index is 12.3. The average molecular weight is 282 g/mol. The van der Waals surface area contributed by atoms with Gasteiger partial charge in [0, 0.05) is 13.1 Å². The highest BCUT2D eigenvalue weighted by Crippen LogP contribution is 2.27. The smallest absolute Gasteiger partial charge is 0.346 e. The van der Waals surface area contributed by atoms with E-state index < -0.39 is 11.5 Å². The summed E-state index contributed by atoms with van der Waals surface area (Å²) in [6.45, 7) is 5.78. The number of nitrogens with zero attached hydrogens (tertiary/aromatic N) is 2. The van der Waals surface area contributed by atoms with E-state index in [1.54, 1.807) is 20.8 Å². The van der Waals surface area contributed by atoms with Gasteiger partial charge in [0.25, 0.3) is 5.56 Å². The summed E-state index contributed by atoms with van der Waals surface area (Å²) in [6.07, 6.45) is 0. The molecular formula is C12H14N2O4S. The molecular weight excluding hydrogens is 268 g/mol. The van der Waals surface area contributed by atoms with Crippen LogP contribution in [0.2, 0.25) is 0 Å². The second-order valence-corrected chi connectivity index (χ2v) is 5.12. The van der Waals surface area contributed by atoms with Crippen molar-refractivity contribution in [1.82, 2.24) is 9.13 Å². The lowest BCUT2D eigenvalue weighted by atomic mass is 10.2. The van der Waals surface area contributed by atoms with Crippen LogP contribution in [0.4, 0.5) is 0 Å². The Morgan fingerprint density at radius 3 is 2.26 bits per heavy atom. The number of aromatic nitrogens is 2. The van der Waals surface area contributed by atoms with Crippen LogP contribution < -0.4 is 11.2 Å². The van der Waals surface area contributed by atoms with Gasteiger partial charge in [-0.3, -0.25) is 13.9 Å². The molecule has 19 heavy (non-hydrogen) atoms. The molecule has 0 fully saturated rings. The second kappa shape index (κ2) is 4.65. The van der Waals surface area contributed by atoms with Crippen molar-refractivity contribution in [3.8, 4) is 0 Å². The number of aryl methyl sites for hydroxylation is 2. The van der Waals surface area contributed by atoms with E-state index in [1.807, 2.05) is 0 Å². The van der Waals surface area contributed by atoms with Crippen molar-refractivity contribution in [2.75, 3.05) is 0 Å². The highest BCUT2D eigenvalue weighted by atomic mass is 32.1. The summed E-state index contributed by atoms with van der Waals surface area (Å²) in [6, 6.07) is 0. The lowest BCUT2D eigenvalue weighted by molar-refractivity contribution is 0.0701. The predicted molar refractivity (Wildman–Crippen MR) is 73.4 cm³/mol. The Kier molecular flexibility index (Phi) is 3.32. The van der Waals surface area contributed by atoms with Crippen molar-refractivity contribution in [3.63, 3.8) is 0 Å². The first kappa shape index (κ1) is 13.5. The fourth-order valence-electron chi connectivity index (χ4n) is 2.16. The third kappa shape index (κ3) is 1.81. The number of carbonyl (C=O) groups is 1. The first-order valence-electron chi connectivity index (χ1n) is 5.94. The molecule has 2 aromatic rings. The molecule has 102 valence electrons. The van der Waals surface area contributed by atoms with E-state index in [0.29, 0.717) is 22.3 Å². The normalized spacial score (nSPS) is 11.1. The lowest BCUT2D eigenvalue weighted by Gasteiger charge is -2.08. The Hall–Kier alpha value is -1.89. The fraction of sp³-hybridized carbons (Fsp3) is 0.417.